The predicted octanol–water partition coefficient (Wildman–Crippen LogP) is 4.82. The quantitative estimate of drug-likeness (QED) is 0.419. The first-order valence-corrected chi connectivity index (χ1v) is 11.7. The number of hydrogen-bond acceptors (Lipinski definition) is 4. The van der Waals surface area contributed by atoms with Crippen molar-refractivity contribution < 1.29 is 19.4 Å². The predicted molar refractivity (Wildman–Crippen MR) is 128 cm³/mol. The summed E-state index contributed by atoms with van der Waals surface area (Å²) in [7, 11) is 0. The normalized spacial score (nSPS) is 17.3. The van der Waals surface area contributed by atoms with E-state index in [9.17, 15) is 9.59 Å². The standard InChI is InChI=1S/C27H35NO4/c1-26(2)14-13-19-15-20-16-27(3,4)18-22(25(20)28-21(19)17-26)32-24(31)12-10-8-6-5-7-9-11-23(29)30/h13-18H,5-12H2,1-4H3,(H,29,30). The molecule has 1 aromatic heterocycles. The maximum Gasteiger partial charge on any atom is 0.311 e. The Balaban J connectivity index is 1.61. The molecule has 0 unspecified atom stereocenters. The van der Waals surface area contributed by atoms with E-state index in [1.165, 1.54) is 0 Å². The number of aliphatic carboxylic acids is 1. The van der Waals surface area contributed by atoms with E-state index in [0.29, 0.717) is 12.2 Å². The molecule has 0 fully saturated rings. The molecular formula is C27H35NO4. The maximum atomic E-state index is 12.5. The Bertz CT molecular complexity index is 1060. The van der Waals surface area contributed by atoms with Crippen LogP contribution in [0.3, 0.4) is 0 Å². The summed E-state index contributed by atoms with van der Waals surface area (Å²) in [5, 5.41) is 10.6. The fourth-order valence-electron chi connectivity index (χ4n) is 4.17. The number of rotatable bonds is 10. The molecule has 0 saturated carbocycles. The molecule has 2 aliphatic rings. The van der Waals surface area contributed by atoms with Crippen molar-refractivity contribution in [3.63, 3.8) is 0 Å². The number of carbonyl (C=O) groups excluding carboxylic acids is 1. The van der Waals surface area contributed by atoms with Gasteiger partial charge in [0.05, 0.1) is 5.35 Å². The van der Waals surface area contributed by atoms with Crippen LogP contribution >= 0.6 is 0 Å². The van der Waals surface area contributed by atoms with E-state index in [1.807, 2.05) is 6.08 Å². The number of ether oxygens (including phenoxy) is 1. The molecule has 0 aromatic carbocycles. The molecule has 32 heavy (non-hydrogen) atoms. The Kier molecular flexibility index (Phi) is 7.37. The highest BCUT2D eigenvalue weighted by Crippen LogP contribution is 2.30. The number of aromatic nitrogens is 1. The number of nitrogens with zero attached hydrogens (tertiary/aromatic N) is 1. The lowest BCUT2D eigenvalue weighted by atomic mass is 9.85. The van der Waals surface area contributed by atoms with E-state index < -0.39 is 5.97 Å². The Morgan fingerprint density at radius 2 is 1.56 bits per heavy atom. The Labute approximate surface area is 190 Å². The van der Waals surface area contributed by atoms with Crippen LogP contribution in [0.25, 0.3) is 24.0 Å². The van der Waals surface area contributed by atoms with Crippen LogP contribution in [0.5, 0.6) is 0 Å². The van der Waals surface area contributed by atoms with Gasteiger partial charge in [0, 0.05) is 34.5 Å². The molecule has 0 amide bonds. The summed E-state index contributed by atoms with van der Waals surface area (Å²) >= 11 is 0. The lowest BCUT2D eigenvalue weighted by Crippen LogP contribution is -2.31. The number of allylic oxidation sites excluding steroid dienone is 2. The van der Waals surface area contributed by atoms with Gasteiger partial charge in [-0.25, -0.2) is 4.98 Å². The van der Waals surface area contributed by atoms with Crippen LogP contribution in [0.1, 0.15) is 90.3 Å². The highest BCUT2D eigenvalue weighted by atomic mass is 16.5. The molecule has 0 aliphatic heterocycles. The van der Waals surface area contributed by atoms with Crippen LogP contribution < -0.4 is 10.6 Å². The van der Waals surface area contributed by atoms with Gasteiger partial charge in [-0.15, -0.1) is 0 Å². The van der Waals surface area contributed by atoms with Gasteiger partial charge >= 0.3 is 11.9 Å². The van der Waals surface area contributed by atoms with Crippen molar-refractivity contribution in [2.75, 3.05) is 0 Å². The number of pyridine rings is 1. The molecule has 2 aliphatic carbocycles. The van der Waals surface area contributed by atoms with E-state index in [1.54, 1.807) is 0 Å². The average Bonchev–Trinajstić information content (AvgIpc) is 2.67. The zero-order chi connectivity index (χ0) is 23.4. The number of carboxylic acid groups (broad SMARTS) is 1. The molecule has 3 rings (SSSR count). The molecule has 1 heterocycles. The van der Waals surface area contributed by atoms with Crippen LogP contribution in [0.2, 0.25) is 0 Å². The summed E-state index contributed by atoms with van der Waals surface area (Å²) in [6, 6.07) is 2.13. The number of fused-ring (bicyclic) bond motifs is 2. The van der Waals surface area contributed by atoms with Crippen molar-refractivity contribution in [2.24, 2.45) is 10.8 Å². The van der Waals surface area contributed by atoms with Crippen LogP contribution in [0.4, 0.5) is 0 Å². The minimum Gasteiger partial charge on any atom is -0.481 e. The van der Waals surface area contributed by atoms with Crippen LogP contribution in [-0.4, -0.2) is 22.0 Å². The van der Waals surface area contributed by atoms with Crippen LogP contribution in [0, 0.1) is 10.8 Å². The van der Waals surface area contributed by atoms with Crippen molar-refractivity contribution >= 4 is 35.9 Å². The Hall–Kier alpha value is -2.69. The minimum absolute atomic E-state index is 0.0555. The zero-order valence-corrected chi connectivity index (χ0v) is 19.7. The SMILES string of the molecule is CC1(C)C=C(OC(=O)CCCCCCCCC(=O)O)c2nc3c(cc2=C1)C=CC(C)(C)C=3. The lowest BCUT2D eigenvalue weighted by molar-refractivity contribution is -0.138. The monoisotopic (exact) mass is 437 g/mol. The molecule has 1 aromatic rings. The second-order valence-corrected chi connectivity index (χ2v) is 10.2. The molecule has 5 nitrogen and oxygen atoms in total. The van der Waals surface area contributed by atoms with Gasteiger partial charge in [-0.05, 0) is 31.1 Å². The van der Waals surface area contributed by atoms with Crippen LogP contribution in [-0.2, 0) is 14.3 Å². The molecule has 0 saturated heterocycles. The first-order valence-electron chi connectivity index (χ1n) is 11.7. The van der Waals surface area contributed by atoms with Gasteiger partial charge in [-0.2, -0.15) is 0 Å². The summed E-state index contributed by atoms with van der Waals surface area (Å²) in [5.74, 6) is -0.413. The minimum atomic E-state index is -0.736. The summed E-state index contributed by atoms with van der Waals surface area (Å²) in [5.41, 5.74) is 1.54. The first-order chi connectivity index (χ1) is 15.0. The number of unbranched alkanes of at least 4 members (excludes halogenated alkanes) is 5. The molecule has 0 radical (unpaired) electrons. The molecule has 172 valence electrons. The third kappa shape index (κ3) is 6.65. The second-order valence-electron chi connectivity index (χ2n) is 10.2. The molecule has 1 N–H and O–H groups in total. The third-order valence-electron chi connectivity index (χ3n) is 5.82. The summed E-state index contributed by atoms with van der Waals surface area (Å²) < 4.78 is 5.81. The number of carbonyl (C=O) groups is 2. The second kappa shape index (κ2) is 9.85. The number of hydrogen-bond donors (Lipinski definition) is 1. The topological polar surface area (TPSA) is 76.5 Å². The summed E-state index contributed by atoms with van der Waals surface area (Å²) in [6.45, 7) is 8.48. The summed E-state index contributed by atoms with van der Waals surface area (Å²) in [4.78, 5) is 27.9. The highest BCUT2D eigenvalue weighted by molar-refractivity contribution is 5.79. The molecule has 0 atom stereocenters. The van der Waals surface area contributed by atoms with E-state index in [-0.39, 0.29) is 23.2 Å². The molecule has 5 heteroatoms. The third-order valence-corrected chi connectivity index (χ3v) is 5.82. The van der Waals surface area contributed by atoms with Gasteiger partial charge in [0.15, 0.2) is 5.76 Å². The lowest BCUT2D eigenvalue weighted by Gasteiger charge is -2.24. The van der Waals surface area contributed by atoms with Gasteiger partial charge in [-0.3, -0.25) is 9.59 Å². The first kappa shape index (κ1) is 24.0. The van der Waals surface area contributed by atoms with Crippen molar-refractivity contribution in [1.82, 2.24) is 4.98 Å². The average molecular weight is 438 g/mol. The zero-order valence-electron chi connectivity index (χ0n) is 19.7. The van der Waals surface area contributed by atoms with Crippen molar-refractivity contribution in [3.05, 3.63) is 40.0 Å². The van der Waals surface area contributed by atoms with Gasteiger partial charge < -0.3 is 9.84 Å². The van der Waals surface area contributed by atoms with Crippen molar-refractivity contribution in [3.8, 4) is 0 Å². The van der Waals surface area contributed by atoms with E-state index in [2.05, 4.69) is 58.1 Å². The van der Waals surface area contributed by atoms with E-state index >= 15 is 0 Å². The van der Waals surface area contributed by atoms with Gasteiger partial charge in [0.2, 0.25) is 0 Å². The van der Waals surface area contributed by atoms with Gasteiger partial charge in [-0.1, -0.05) is 71.6 Å². The highest BCUT2D eigenvalue weighted by Gasteiger charge is 2.25. The van der Waals surface area contributed by atoms with Gasteiger partial charge in [0.25, 0.3) is 0 Å². The smallest absolute Gasteiger partial charge is 0.311 e. The van der Waals surface area contributed by atoms with E-state index in [4.69, 9.17) is 14.8 Å². The maximum absolute atomic E-state index is 12.5. The Morgan fingerprint density at radius 3 is 2.25 bits per heavy atom. The fourth-order valence-corrected chi connectivity index (χ4v) is 4.17. The number of carboxylic acids is 1. The largest absolute Gasteiger partial charge is 0.481 e. The molecular weight excluding hydrogens is 402 g/mol. The van der Waals surface area contributed by atoms with Gasteiger partial charge in [0.1, 0.15) is 5.69 Å². The molecule has 0 spiro atoms. The summed E-state index contributed by atoms with van der Waals surface area (Å²) in [6.07, 6.45) is 16.6. The Morgan fingerprint density at radius 1 is 0.906 bits per heavy atom. The van der Waals surface area contributed by atoms with E-state index in [0.717, 1.165) is 60.4 Å². The van der Waals surface area contributed by atoms with Crippen molar-refractivity contribution in [1.29, 1.82) is 0 Å². The van der Waals surface area contributed by atoms with Crippen molar-refractivity contribution in [2.45, 2.75) is 79.1 Å². The fraction of sp³-hybridized carbons (Fsp3) is 0.519. The molecule has 0 bridgehead atoms. The van der Waals surface area contributed by atoms with Crippen LogP contribution in [0.15, 0.2) is 18.2 Å². The number of esters is 1.